The fourth-order valence-corrected chi connectivity index (χ4v) is 4.69. The van der Waals surface area contributed by atoms with Crippen LogP contribution in [0, 0.1) is 0 Å². The Morgan fingerprint density at radius 2 is 1.75 bits per heavy atom. The third kappa shape index (κ3) is 3.62. The van der Waals surface area contributed by atoms with Gasteiger partial charge < -0.3 is 9.30 Å². The van der Waals surface area contributed by atoms with Crippen LogP contribution in [0.25, 0.3) is 11.1 Å². The number of piperidine rings is 1. The van der Waals surface area contributed by atoms with Gasteiger partial charge in [-0.2, -0.15) is 9.40 Å². The third-order valence-corrected chi connectivity index (χ3v) is 6.59. The molecule has 28 heavy (non-hydrogen) atoms. The molecule has 0 bridgehead atoms. The Hall–Kier alpha value is -2.79. The van der Waals surface area contributed by atoms with E-state index in [1.807, 2.05) is 13.2 Å². The molecule has 0 unspecified atom stereocenters. The normalized spacial score (nSPS) is 16.4. The topological polar surface area (TPSA) is 108 Å². The maximum absolute atomic E-state index is 12.7. The Balaban J connectivity index is 1.36. The highest BCUT2D eigenvalue weighted by Crippen LogP contribution is 2.22. The van der Waals surface area contributed by atoms with Crippen molar-refractivity contribution in [2.24, 2.45) is 14.1 Å². The molecule has 0 saturated carbocycles. The second-order valence-electron chi connectivity index (χ2n) is 6.70. The number of ether oxygens (including phenoxy) is 1. The molecule has 1 fully saturated rings. The highest BCUT2D eigenvalue weighted by atomic mass is 32.2. The molecule has 0 amide bonds. The number of hydrogen-bond donors (Lipinski definition) is 0. The quantitative estimate of drug-likeness (QED) is 0.621. The van der Waals surface area contributed by atoms with Gasteiger partial charge in [0.1, 0.15) is 6.10 Å². The summed E-state index contributed by atoms with van der Waals surface area (Å²) in [6.45, 7) is 0.737. The van der Waals surface area contributed by atoms with Gasteiger partial charge in [0.2, 0.25) is 5.16 Å². The second kappa shape index (κ2) is 7.32. The molecule has 0 aliphatic carbocycles. The molecule has 1 saturated heterocycles. The van der Waals surface area contributed by atoms with Crippen molar-refractivity contribution in [3.63, 3.8) is 0 Å². The zero-order valence-corrected chi connectivity index (χ0v) is 16.4. The lowest BCUT2D eigenvalue weighted by molar-refractivity contribution is 0.124. The van der Waals surface area contributed by atoms with Crippen LogP contribution in [0.4, 0.5) is 0 Å². The second-order valence-corrected chi connectivity index (χ2v) is 8.53. The summed E-state index contributed by atoms with van der Waals surface area (Å²) >= 11 is 0. The maximum atomic E-state index is 12.7. The Morgan fingerprint density at radius 3 is 2.32 bits per heavy atom. The number of rotatable bonds is 5. The molecule has 3 aromatic rings. The Bertz CT molecular complexity index is 1050. The Labute approximate surface area is 162 Å². The minimum atomic E-state index is -3.59. The summed E-state index contributed by atoms with van der Waals surface area (Å²) in [7, 11) is -0.0711. The van der Waals surface area contributed by atoms with Gasteiger partial charge in [-0.25, -0.2) is 23.4 Å². The Kier molecular flexibility index (Phi) is 4.85. The zero-order valence-electron chi connectivity index (χ0n) is 15.6. The molecule has 1 aliphatic heterocycles. The summed E-state index contributed by atoms with van der Waals surface area (Å²) in [4.78, 5) is 12.5. The first-order valence-electron chi connectivity index (χ1n) is 8.88. The van der Waals surface area contributed by atoms with Crippen molar-refractivity contribution in [2.45, 2.75) is 24.1 Å². The fourth-order valence-electron chi connectivity index (χ4n) is 3.15. The molecule has 3 aromatic heterocycles. The lowest BCUT2D eigenvalue weighted by Gasteiger charge is -2.30. The fraction of sp³-hybridized carbons (Fsp3) is 0.412. The van der Waals surface area contributed by atoms with E-state index in [4.69, 9.17) is 4.74 Å². The van der Waals surface area contributed by atoms with Gasteiger partial charge in [-0.05, 0) is 12.8 Å². The van der Waals surface area contributed by atoms with Crippen molar-refractivity contribution in [2.75, 3.05) is 13.1 Å². The van der Waals surface area contributed by atoms with Crippen LogP contribution in [0.3, 0.4) is 0 Å². The standard InChI is InChI=1S/C17H21N7O3S/c1-22-8-5-18-17(22)28(25,26)24-6-3-15(4-7-24)27-16-19-9-13(10-20-16)14-11-21-23(2)12-14/h5,8-12,15H,3-4,6-7H2,1-2H3. The summed E-state index contributed by atoms with van der Waals surface area (Å²) in [6, 6.07) is 0.290. The van der Waals surface area contributed by atoms with Gasteiger partial charge in [0.05, 0.1) is 6.20 Å². The van der Waals surface area contributed by atoms with E-state index in [0.29, 0.717) is 25.9 Å². The summed E-state index contributed by atoms with van der Waals surface area (Å²) in [6.07, 6.45) is 11.1. The van der Waals surface area contributed by atoms with Crippen LogP contribution < -0.4 is 4.74 Å². The van der Waals surface area contributed by atoms with Crippen LogP contribution in [-0.2, 0) is 24.1 Å². The van der Waals surface area contributed by atoms with Crippen LogP contribution in [0.1, 0.15) is 12.8 Å². The van der Waals surface area contributed by atoms with Gasteiger partial charge >= 0.3 is 6.01 Å². The lowest BCUT2D eigenvalue weighted by atomic mass is 10.1. The number of sulfonamides is 1. The van der Waals surface area contributed by atoms with E-state index in [1.54, 1.807) is 36.5 Å². The maximum Gasteiger partial charge on any atom is 0.316 e. The van der Waals surface area contributed by atoms with Crippen molar-refractivity contribution in [1.29, 1.82) is 0 Å². The molecule has 0 radical (unpaired) electrons. The van der Waals surface area contributed by atoms with Crippen molar-refractivity contribution < 1.29 is 13.2 Å². The van der Waals surface area contributed by atoms with Gasteiger partial charge in [0.25, 0.3) is 10.0 Å². The number of aromatic nitrogens is 6. The van der Waals surface area contributed by atoms with Crippen LogP contribution in [0.5, 0.6) is 6.01 Å². The summed E-state index contributed by atoms with van der Waals surface area (Å²) in [5, 5.41) is 4.19. The zero-order chi connectivity index (χ0) is 19.7. The predicted molar refractivity (Wildman–Crippen MR) is 99.9 cm³/mol. The van der Waals surface area contributed by atoms with E-state index in [-0.39, 0.29) is 17.3 Å². The smallest absolute Gasteiger partial charge is 0.316 e. The first kappa shape index (κ1) is 18.6. The highest BCUT2D eigenvalue weighted by molar-refractivity contribution is 7.89. The number of hydrogen-bond acceptors (Lipinski definition) is 7. The summed E-state index contributed by atoms with van der Waals surface area (Å²) < 4.78 is 35.9. The molecule has 4 rings (SSSR count). The number of nitrogens with zero attached hydrogens (tertiary/aromatic N) is 7. The van der Waals surface area contributed by atoms with Crippen LogP contribution in [0.2, 0.25) is 0 Å². The molecule has 0 spiro atoms. The third-order valence-electron chi connectivity index (χ3n) is 4.69. The lowest BCUT2D eigenvalue weighted by Crippen LogP contribution is -2.42. The minimum absolute atomic E-state index is 0.0567. The van der Waals surface area contributed by atoms with E-state index in [2.05, 4.69) is 20.1 Å². The predicted octanol–water partition coefficient (Wildman–Crippen LogP) is 0.843. The van der Waals surface area contributed by atoms with Gasteiger partial charge in [-0.3, -0.25) is 4.68 Å². The van der Waals surface area contributed by atoms with E-state index in [9.17, 15) is 8.42 Å². The molecular weight excluding hydrogens is 382 g/mol. The summed E-state index contributed by atoms with van der Waals surface area (Å²) in [5.74, 6) is 0. The molecule has 10 nitrogen and oxygen atoms in total. The SMILES string of the molecule is Cn1cc(-c2cnc(OC3CCN(S(=O)(=O)c4nccn4C)CC3)nc2)cn1. The van der Waals surface area contributed by atoms with Crippen molar-refractivity contribution in [3.05, 3.63) is 37.2 Å². The monoisotopic (exact) mass is 403 g/mol. The van der Waals surface area contributed by atoms with Gasteiger partial charge in [0, 0.05) is 69.3 Å². The van der Waals surface area contributed by atoms with Crippen LogP contribution in [0.15, 0.2) is 42.3 Å². The van der Waals surface area contributed by atoms with Crippen LogP contribution in [-0.4, -0.2) is 61.2 Å². The molecule has 0 atom stereocenters. The number of aryl methyl sites for hydroxylation is 2. The van der Waals surface area contributed by atoms with E-state index < -0.39 is 10.0 Å². The van der Waals surface area contributed by atoms with E-state index >= 15 is 0 Å². The van der Waals surface area contributed by atoms with Crippen molar-refractivity contribution in [3.8, 4) is 17.1 Å². The van der Waals surface area contributed by atoms with Crippen molar-refractivity contribution in [1.82, 2.24) is 33.6 Å². The molecule has 0 N–H and O–H groups in total. The Morgan fingerprint density at radius 1 is 1.04 bits per heavy atom. The van der Waals surface area contributed by atoms with E-state index in [1.165, 1.54) is 15.1 Å². The van der Waals surface area contributed by atoms with Gasteiger partial charge in [-0.15, -0.1) is 0 Å². The molecule has 11 heteroatoms. The largest absolute Gasteiger partial charge is 0.460 e. The van der Waals surface area contributed by atoms with Gasteiger partial charge in [0.15, 0.2) is 0 Å². The molecule has 148 valence electrons. The van der Waals surface area contributed by atoms with E-state index in [0.717, 1.165) is 11.1 Å². The number of imidazole rings is 1. The van der Waals surface area contributed by atoms with Gasteiger partial charge in [-0.1, -0.05) is 0 Å². The molecule has 1 aliphatic rings. The molecule has 4 heterocycles. The average molecular weight is 403 g/mol. The first-order valence-corrected chi connectivity index (χ1v) is 10.3. The minimum Gasteiger partial charge on any atom is -0.460 e. The highest BCUT2D eigenvalue weighted by Gasteiger charge is 2.32. The van der Waals surface area contributed by atoms with Crippen molar-refractivity contribution >= 4 is 10.0 Å². The first-order chi connectivity index (χ1) is 13.4. The average Bonchev–Trinajstić information content (AvgIpc) is 3.31. The molecular formula is C17H21N7O3S. The summed E-state index contributed by atoms with van der Waals surface area (Å²) in [5.41, 5.74) is 1.79. The molecule has 0 aromatic carbocycles. The van der Waals surface area contributed by atoms with Crippen LogP contribution >= 0.6 is 0 Å².